The number of carbonyl (C=O) groups is 1. The molecule has 0 unspecified atom stereocenters. The fourth-order valence-electron chi connectivity index (χ4n) is 2.43. The third-order valence-corrected chi connectivity index (χ3v) is 5.25. The van der Waals surface area contributed by atoms with Crippen molar-refractivity contribution >= 4 is 21.6 Å². The van der Waals surface area contributed by atoms with Crippen molar-refractivity contribution in [3.8, 4) is 11.5 Å². The Morgan fingerprint density at radius 2 is 1.69 bits per heavy atom. The normalized spacial score (nSPS) is 11.1. The Bertz CT molecular complexity index is 890. The molecule has 140 valence electrons. The smallest absolute Gasteiger partial charge is 0.244 e. The van der Waals surface area contributed by atoms with E-state index in [1.807, 2.05) is 32.0 Å². The zero-order chi connectivity index (χ0) is 19.3. The maximum atomic E-state index is 12.5. The van der Waals surface area contributed by atoms with Gasteiger partial charge in [0.2, 0.25) is 15.9 Å². The minimum atomic E-state index is -3.96. The Morgan fingerprint density at radius 3 is 2.27 bits per heavy atom. The van der Waals surface area contributed by atoms with E-state index in [0.29, 0.717) is 11.4 Å². The lowest BCUT2D eigenvalue weighted by atomic mass is 10.1. The number of sulfonamides is 1. The van der Waals surface area contributed by atoms with Crippen molar-refractivity contribution in [2.24, 2.45) is 0 Å². The molecule has 0 atom stereocenters. The summed E-state index contributed by atoms with van der Waals surface area (Å²) in [6, 6.07) is 10.0. The molecule has 2 aromatic carbocycles. The molecule has 0 heterocycles. The molecule has 0 saturated heterocycles. The van der Waals surface area contributed by atoms with E-state index in [4.69, 9.17) is 9.47 Å². The minimum Gasteiger partial charge on any atom is -0.497 e. The maximum Gasteiger partial charge on any atom is 0.244 e. The number of para-hydroxylation sites is 1. The molecule has 0 aliphatic carbocycles. The highest BCUT2D eigenvalue weighted by Gasteiger charge is 2.21. The zero-order valence-corrected chi connectivity index (χ0v) is 15.9. The number of hydrogen-bond donors (Lipinski definition) is 2. The third kappa shape index (κ3) is 4.53. The van der Waals surface area contributed by atoms with Gasteiger partial charge in [0.25, 0.3) is 0 Å². The van der Waals surface area contributed by atoms with Gasteiger partial charge in [0.05, 0.1) is 20.8 Å². The highest BCUT2D eigenvalue weighted by molar-refractivity contribution is 7.89. The number of hydrogen-bond acceptors (Lipinski definition) is 5. The minimum absolute atomic E-state index is 0.0979. The molecule has 0 aliphatic heterocycles. The Balaban J connectivity index is 2.14. The van der Waals surface area contributed by atoms with Gasteiger partial charge in [0, 0.05) is 11.8 Å². The Kier molecular flexibility index (Phi) is 6.23. The number of anilines is 1. The number of benzene rings is 2. The van der Waals surface area contributed by atoms with Crippen LogP contribution in [-0.2, 0) is 14.8 Å². The van der Waals surface area contributed by atoms with Crippen LogP contribution in [0.2, 0.25) is 0 Å². The lowest BCUT2D eigenvalue weighted by Gasteiger charge is -2.13. The van der Waals surface area contributed by atoms with Gasteiger partial charge in [-0.3, -0.25) is 4.79 Å². The molecule has 0 fully saturated rings. The number of carbonyl (C=O) groups excluding carboxylic acids is 1. The highest BCUT2D eigenvalue weighted by Crippen LogP contribution is 2.28. The van der Waals surface area contributed by atoms with Gasteiger partial charge in [-0.25, -0.2) is 13.1 Å². The van der Waals surface area contributed by atoms with Gasteiger partial charge < -0.3 is 14.8 Å². The van der Waals surface area contributed by atoms with Crippen LogP contribution in [0.15, 0.2) is 41.3 Å². The van der Waals surface area contributed by atoms with E-state index in [2.05, 4.69) is 10.0 Å². The monoisotopic (exact) mass is 378 g/mol. The van der Waals surface area contributed by atoms with E-state index in [1.165, 1.54) is 26.4 Å². The first-order valence-electron chi connectivity index (χ1n) is 7.86. The largest absolute Gasteiger partial charge is 0.497 e. The number of nitrogens with one attached hydrogen (secondary N) is 2. The van der Waals surface area contributed by atoms with Crippen LogP contribution >= 0.6 is 0 Å². The lowest BCUT2D eigenvalue weighted by Crippen LogP contribution is -2.33. The second-order valence-corrected chi connectivity index (χ2v) is 7.39. The molecule has 0 bridgehead atoms. The number of ether oxygens (including phenoxy) is 2. The van der Waals surface area contributed by atoms with Crippen LogP contribution in [0.25, 0.3) is 0 Å². The van der Waals surface area contributed by atoms with Crippen molar-refractivity contribution in [3.05, 3.63) is 47.5 Å². The average molecular weight is 378 g/mol. The Morgan fingerprint density at radius 1 is 1.04 bits per heavy atom. The van der Waals surface area contributed by atoms with E-state index in [1.54, 1.807) is 6.07 Å². The number of rotatable bonds is 7. The van der Waals surface area contributed by atoms with Crippen molar-refractivity contribution in [2.45, 2.75) is 18.7 Å². The van der Waals surface area contributed by atoms with Crippen molar-refractivity contribution in [1.82, 2.24) is 4.72 Å². The molecule has 7 nitrogen and oxygen atoms in total. The Hall–Kier alpha value is -2.58. The van der Waals surface area contributed by atoms with Gasteiger partial charge in [-0.05, 0) is 37.1 Å². The predicted octanol–water partition coefficient (Wildman–Crippen LogP) is 2.24. The number of aryl methyl sites for hydroxylation is 2. The van der Waals surface area contributed by atoms with Crippen molar-refractivity contribution < 1.29 is 22.7 Å². The molecule has 2 N–H and O–H groups in total. The van der Waals surface area contributed by atoms with E-state index >= 15 is 0 Å². The van der Waals surface area contributed by atoms with Crippen LogP contribution < -0.4 is 19.5 Å². The summed E-state index contributed by atoms with van der Waals surface area (Å²) in [7, 11) is -1.16. The molecule has 0 aromatic heterocycles. The zero-order valence-electron chi connectivity index (χ0n) is 15.1. The summed E-state index contributed by atoms with van der Waals surface area (Å²) in [6.45, 7) is 3.33. The van der Waals surface area contributed by atoms with Gasteiger partial charge in [0.15, 0.2) is 0 Å². The van der Waals surface area contributed by atoms with Crippen molar-refractivity contribution in [3.63, 3.8) is 0 Å². The van der Waals surface area contributed by atoms with Crippen LogP contribution in [0.5, 0.6) is 11.5 Å². The molecule has 0 aliphatic rings. The summed E-state index contributed by atoms with van der Waals surface area (Å²) in [5.74, 6) is 0.0625. The molecule has 2 rings (SSSR count). The fourth-order valence-corrected chi connectivity index (χ4v) is 3.59. The molecule has 0 spiro atoms. The van der Waals surface area contributed by atoms with Gasteiger partial charge in [-0.2, -0.15) is 0 Å². The first-order chi connectivity index (χ1) is 12.3. The van der Waals surface area contributed by atoms with Crippen LogP contribution in [0, 0.1) is 13.8 Å². The maximum absolute atomic E-state index is 12.5. The molecule has 8 heteroatoms. The molecule has 26 heavy (non-hydrogen) atoms. The second-order valence-electron chi connectivity index (χ2n) is 5.66. The molecule has 2 aromatic rings. The molecular weight excluding hydrogens is 356 g/mol. The van der Waals surface area contributed by atoms with Gasteiger partial charge >= 0.3 is 0 Å². The van der Waals surface area contributed by atoms with Crippen molar-refractivity contribution in [1.29, 1.82) is 0 Å². The third-order valence-electron chi connectivity index (χ3n) is 3.83. The van der Waals surface area contributed by atoms with Crippen LogP contribution in [0.1, 0.15) is 11.1 Å². The van der Waals surface area contributed by atoms with Crippen LogP contribution in [-0.4, -0.2) is 35.1 Å². The van der Waals surface area contributed by atoms with E-state index in [0.717, 1.165) is 11.1 Å². The SMILES string of the molecule is COc1ccc(OC)c(S(=O)(=O)NCC(=O)Nc2c(C)cccc2C)c1. The summed E-state index contributed by atoms with van der Waals surface area (Å²) < 4.78 is 37.5. The summed E-state index contributed by atoms with van der Waals surface area (Å²) in [5.41, 5.74) is 2.47. The topological polar surface area (TPSA) is 93.7 Å². The van der Waals surface area contributed by atoms with Crippen molar-refractivity contribution in [2.75, 3.05) is 26.1 Å². The van der Waals surface area contributed by atoms with Crippen LogP contribution in [0.4, 0.5) is 5.69 Å². The van der Waals surface area contributed by atoms with Gasteiger partial charge in [0.1, 0.15) is 16.4 Å². The summed E-state index contributed by atoms with van der Waals surface area (Å²) in [5, 5.41) is 2.73. The number of methoxy groups -OCH3 is 2. The standard InChI is InChI=1S/C18H22N2O5S/c1-12-6-5-7-13(2)18(12)20-17(21)11-19-26(22,23)16-10-14(24-3)8-9-15(16)25-4/h5-10,19H,11H2,1-4H3,(H,20,21). The molecular formula is C18H22N2O5S. The molecule has 0 radical (unpaired) electrons. The summed E-state index contributed by atoms with van der Waals surface area (Å²) >= 11 is 0. The van der Waals surface area contributed by atoms with Gasteiger partial charge in [-0.15, -0.1) is 0 Å². The van der Waals surface area contributed by atoms with Crippen LogP contribution in [0.3, 0.4) is 0 Å². The first kappa shape index (κ1) is 19.7. The lowest BCUT2D eigenvalue weighted by molar-refractivity contribution is -0.115. The van der Waals surface area contributed by atoms with Gasteiger partial charge in [-0.1, -0.05) is 18.2 Å². The van der Waals surface area contributed by atoms with E-state index < -0.39 is 22.5 Å². The molecule has 0 saturated carbocycles. The summed E-state index contributed by atoms with van der Waals surface area (Å²) in [6.07, 6.45) is 0. The fraction of sp³-hybridized carbons (Fsp3) is 0.278. The van der Waals surface area contributed by atoms with E-state index in [9.17, 15) is 13.2 Å². The quantitative estimate of drug-likeness (QED) is 0.771. The second kappa shape index (κ2) is 8.20. The van der Waals surface area contributed by atoms with E-state index in [-0.39, 0.29) is 10.6 Å². The highest BCUT2D eigenvalue weighted by atomic mass is 32.2. The average Bonchev–Trinajstić information content (AvgIpc) is 2.62. The number of amides is 1. The summed E-state index contributed by atoms with van der Waals surface area (Å²) in [4.78, 5) is 12.1. The molecule has 1 amide bonds. The first-order valence-corrected chi connectivity index (χ1v) is 9.34. The Labute approximate surface area is 153 Å². The predicted molar refractivity (Wildman–Crippen MR) is 99.3 cm³/mol.